The number of rotatable bonds is 8. The number of methoxy groups -OCH3 is 1. The van der Waals surface area contributed by atoms with Crippen LogP contribution < -0.4 is 10.1 Å². The summed E-state index contributed by atoms with van der Waals surface area (Å²) < 4.78 is 10.7. The van der Waals surface area contributed by atoms with Gasteiger partial charge >= 0.3 is 5.69 Å². The lowest BCUT2D eigenvalue weighted by atomic mass is 10.2. The summed E-state index contributed by atoms with van der Waals surface area (Å²) in [7, 11) is 1.64. The maximum absolute atomic E-state index is 11.2. The third kappa shape index (κ3) is 4.68. The van der Waals surface area contributed by atoms with Crippen molar-refractivity contribution in [3.63, 3.8) is 0 Å². The van der Waals surface area contributed by atoms with Crippen LogP contribution in [-0.2, 0) is 11.3 Å². The van der Waals surface area contributed by atoms with Gasteiger partial charge in [-0.25, -0.2) is 0 Å². The molecule has 0 aliphatic heterocycles. The van der Waals surface area contributed by atoms with E-state index in [2.05, 4.69) is 5.32 Å². The number of hydrogen-bond acceptors (Lipinski definition) is 5. The Morgan fingerprint density at radius 1 is 1.38 bits per heavy atom. The SMILES string of the molecule is COCCNCc1ccc(OC2CCCC2)c([N+](=O)[O-])c1. The van der Waals surface area contributed by atoms with Crippen LogP contribution in [0.5, 0.6) is 5.75 Å². The average Bonchev–Trinajstić information content (AvgIpc) is 2.97. The van der Waals surface area contributed by atoms with E-state index in [0.29, 0.717) is 25.4 Å². The van der Waals surface area contributed by atoms with Crippen LogP contribution in [0.1, 0.15) is 31.2 Å². The summed E-state index contributed by atoms with van der Waals surface area (Å²) in [6.07, 6.45) is 4.36. The lowest BCUT2D eigenvalue weighted by Gasteiger charge is -2.13. The largest absolute Gasteiger partial charge is 0.484 e. The van der Waals surface area contributed by atoms with E-state index in [-0.39, 0.29) is 16.7 Å². The molecule has 0 aromatic heterocycles. The van der Waals surface area contributed by atoms with Crippen LogP contribution >= 0.6 is 0 Å². The van der Waals surface area contributed by atoms with Gasteiger partial charge in [-0.1, -0.05) is 6.07 Å². The second kappa shape index (κ2) is 7.95. The lowest BCUT2D eigenvalue weighted by molar-refractivity contribution is -0.386. The fourth-order valence-corrected chi connectivity index (χ4v) is 2.51. The Bertz CT molecular complexity index is 473. The number of nitrogens with one attached hydrogen (secondary N) is 1. The van der Waals surface area contributed by atoms with Gasteiger partial charge in [-0.05, 0) is 37.3 Å². The number of nitrogens with zero attached hydrogens (tertiary/aromatic N) is 1. The fraction of sp³-hybridized carbons (Fsp3) is 0.600. The Balaban J connectivity index is 2.01. The molecule has 21 heavy (non-hydrogen) atoms. The first kappa shape index (κ1) is 15.7. The highest BCUT2D eigenvalue weighted by Gasteiger charge is 2.22. The second-order valence-electron chi connectivity index (χ2n) is 5.25. The molecule has 0 spiro atoms. The summed E-state index contributed by atoms with van der Waals surface area (Å²) in [5.74, 6) is 0.382. The zero-order valence-electron chi connectivity index (χ0n) is 12.3. The van der Waals surface area contributed by atoms with Gasteiger partial charge in [-0.15, -0.1) is 0 Å². The monoisotopic (exact) mass is 294 g/mol. The van der Waals surface area contributed by atoms with Crippen molar-refractivity contribution in [2.45, 2.75) is 38.3 Å². The van der Waals surface area contributed by atoms with E-state index < -0.39 is 0 Å². The van der Waals surface area contributed by atoms with Crippen molar-refractivity contribution in [3.8, 4) is 5.75 Å². The Morgan fingerprint density at radius 3 is 2.81 bits per heavy atom. The van der Waals surface area contributed by atoms with Gasteiger partial charge in [-0.2, -0.15) is 0 Å². The van der Waals surface area contributed by atoms with Crippen molar-refractivity contribution >= 4 is 5.69 Å². The molecule has 6 nitrogen and oxygen atoms in total. The van der Waals surface area contributed by atoms with E-state index in [9.17, 15) is 10.1 Å². The summed E-state index contributed by atoms with van der Waals surface area (Å²) in [5, 5.41) is 14.4. The maximum atomic E-state index is 11.2. The summed E-state index contributed by atoms with van der Waals surface area (Å²) >= 11 is 0. The molecule has 0 heterocycles. The molecule has 0 unspecified atom stereocenters. The molecule has 1 saturated carbocycles. The molecule has 1 aromatic rings. The molecular weight excluding hydrogens is 272 g/mol. The number of nitro groups is 1. The minimum Gasteiger partial charge on any atom is -0.484 e. The molecule has 1 aliphatic rings. The third-order valence-electron chi connectivity index (χ3n) is 3.63. The zero-order valence-corrected chi connectivity index (χ0v) is 12.3. The summed E-state index contributed by atoms with van der Waals surface area (Å²) in [6.45, 7) is 1.91. The number of nitro benzene ring substituents is 1. The Morgan fingerprint density at radius 2 is 2.14 bits per heavy atom. The van der Waals surface area contributed by atoms with Gasteiger partial charge in [-0.3, -0.25) is 10.1 Å². The average molecular weight is 294 g/mol. The first-order chi connectivity index (χ1) is 10.2. The third-order valence-corrected chi connectivity index (χ3v) is 3.63. The van der Waals surface area contributed by atoms with E-state index >= 15 is 0 Å². The molecule has 1 aliphatic carbocycles. The number of hydrogen-bond donors (Lipinski definition) is 1. The Hall–Kier alpha value is -1.66. The van der Waals surface area contributed by atoms with Crippen molar-refractivity contribution in [2.24, 2.45) is 0 Å². The molecular formula is C15H22N2O4. The topological polar surface area (TPSA) is 73.6 Å². The highest BCUT2D eigenvalue weighted by atomic mass is 16.6. The predicted molar refractivity (Wildman–Crippen MR) is 79.6 cm³/mol. The molecule has 116 valence electrons. The zero-order chi connectivity index (χ0) is 15.1. The Labute approximate surface area is 124 Å². The summed E-state index contributed by atoms with van der Waals surface area (Å²) in [6, 6.07) is 5.17. The van der Waals surface area contributed by atoms with E-state index in [1.54, 1.807) is 19.2 Å². The number of ether oxygens (including phenoxy) is 2. The van der Waals surface area contributed by atoms with Crippen LogP contribution in [-0.4, -0.2) is 31.3 Å². The molecule has 0 atom stereocenters. The van der Waals surface area contributed by atoms with Crippen molar-refractivity contribution in [1.29, 1.82) is 0 Å². The molecule has 0 radical (unpaired) electrons. The van der Waals surface area contributed by atoms with Gasteiger partial charge in [0.25, 0.3) is 0 Å². The molecule has 0 bridgehead atoms. The van der Waals surface area contributed by atoms with Gasteiger partial charge in [0, 0.05) is 26.3 Å². The van der Waals surface area contributed by atoms with Crippen molar-refractivity contribution in [2.75, 3.05) is 20.3 Å². The van der Waals surface area contributed by atoms with Gasteiger partial charge in [0.15, 0.2) is 5.75 Å². The Kier molecular flexibility index (Phi) is 5.95. The highest BCUT2D eigenvalue weighted by molar-refractivity contribution is 5.48. The van der Waals surface area contributed by atoms with Crippen LogP contribution in [0.4, 0.5) is 5.69 Å². The molecule has 2 rings (SSSR count). The summed E-state index contributed by atoms with van der Waals surface area (Å²) in [4.78, 5) is 10.8. The van der Waals surface area contributed by atoms with E-state index in [1.807, 2.05) is 6.07 Å². The van der Waals surface area contributed by atoms with Crippen LogP contribution in [0.25, 0.3) is 0 Å². The molecule has 1 N–H and O–H groups in total. The quantitative estimate of drug-likeness (QED) is 0.453. The van der Waals surface area contributed by atoms with Crippen LogP contribution in [0.3, 0.4) is 0 Å². The van der Waals surface area contributed by atoms with Crippen LogP contribution in [0.2, 0.25) is 0 Å². The molecule has 0 saturated heterocycles. The summed E-state index contributed by atoms with van der Waals surface area (Å²) in [5.41, 5.74) is 0.921. The molecule has 6 heteroatoms. The first-order valence-corrected chi connectivity index (χ1v) is 7.34. The van der Waals surface area contributed by atoms with Crippen molar-refractivity contribution in [1.82, 2.24) is 5.32 Å². The normalized spacial score (nSPS) is 15.3. The molecule has 1 fully saturated rings. The minimum atomic E-state index is -0.372. The maximum Gasteiger partial charge on any atom is 0.311 e. The van der Waals surface area contributed by atoms with Gasteiger partial charge in [0.1, 0.15) is 0 Å². The minimum absolute atomic E-state index is 0.0490. The van der Waals surface area contributed by atoms with Gasteiger partial charge in [0.2, 0.25) is 0 Å². The predicted octanol–water partition coefficient (Wildman–Crippen LogP) is 2.65. The van der Waals surface area contributed by atoms with E-state index in [1.165, 1.54) is 0 Å². The lowest BCUT2D eigenvalue weighted by Crippen LogP contribution is -2.18. The fourth-order valence-electron chi connectivity index (χ4n) is 2.51. The first-order valence-electron chi connectivity index (χ1n) is 7.34. The van der Waals surface area contributed by atoms with E-state index in [0.717, 1.165) is 31.2 Å². The molecule has 0 amide bonds. The smallest absolute Gasteiger partial charge is 0.311 e. The second-order valence-corrected chi connectivity index (χ2v) is 5.25. The van der Waals surface area contributed by atoms with E-state index in [4.69, 9.17) is 9.47 Å². The van der Waals surface area contributed by atoms with Gasteiger partial charge < -0.3 is 14.8 Å². The van der Waals surface area contributed by atoms with Crippen LogP contribution in [0.15, 0.2) is 18.2 Å². The van der Waals surface area contributed by atoms with Crippen LogP contribution in [0, 0.1) is 10.1 Å². The van der Waals surface area contributed by atoms with Crippen molar-refractivity contribution in [3.05, 3.63) is 33.9 Å². The molecule has 1 aromatic carbocycles. The van der Waals surface area contributed by atoms with Crippen molar-refractivity contribution < 1.29 is 14.4 Å². The standard InChI is InChI=1S/C15H22N2O4/c1-20-9-8-16-11-12-6-7-15(14(10-12)17(18)19)21-13-4-2-3-5-13/h6-7,10,13,16H,2-5,8-9,11H2,1H3. The highest BCUT2D eigenvalue weighted by Crippen LogP contribution is 2.32. The number of benzene rings is 1. The van der Waals surface area contributed by atoms with Gasteiger partial charge in [0.05, 0.1) is 17.6 Å².